The lowest BCUT2D eigenvalue weighted by molar-refractivity contribution is -0.131. The SMILES string of the molecule is Nc1cnccc1SC=CC(=O)O. The molecule has 5 heteroatoms. The Morgan fingerprint density at radius 2 is 2.46 bits per heavy atom. The van der Waals surface area contributed by atoms with Gasteiger partial charge in [0.25, 0.3) is 0 Å². The quantitative estimate of drug-likeness (QED) is 0.563. The Morgan fingerprint density at radius 3 is 3.08 bits per heavy atom. The zero-order valence-electron chi connectivity index (χ0n) is 6.68. The number of carboxylic acid groups (broad SMARTS) is 1. The van der Waals surface area contributed by atoms with Gasteiger partial charge in [0.15, 0.2) is 0 Å². The van der Waals surface area contributed by atoms with Gasteiger partial charge in [0.2, 0.25) is 0 Å². The maximum atomic E-state index is 10.1. The first-order valence-corrected chi connectivity index (χ1v) is 4.33. The van der Waals surface area contributed by atoms with Crippen LogP contribution in [0.15, 0.2) is 34.8 Å². The van der Waals surface area contributed by atoms with E-state index in [1.54, 1.807) is 12.3 Å². The molecule has 0 aromatic carbocycles. The van der Waals surface area contributed by atoms with Crippen LogP contribution in [-0.4, -0.2) is 16.1 Å². The van der Waals surface area contributed by atoms with E-state index < -0.39 is 5.97 Å². The standard InChI is InChI=1S/C8H8N2O2S/c9-6-5-10-3-1-7(6)13-4-2-8(11)12/h1-5H,9H2,(H,11,12). The van der Waals surface area contributed by atoms with Crippen LogP contribution in [-0.2, 0) is 4.79 Å². The van der Waals surface area contributed by atoms with Gasteiger partial charge in [0.1, 0.15) is 0 Å². The largest absolute Gasteiger partial charge is 0.478 e. The summed E-state index contributed by atoms with van der Waals surface area (Å²) in [6, 6.07) is 1.73. The zero-order valence-corrected chi connectivity index (χ0v) is 7.49. The number of anilines is 1. The second-order valence-corrected chi connectivity index (χ2v) is 3.12. The van der Waals surface area contributed by atoms with Crippen LogP contribution in [0.3, 0.4) is 0 Å². The van der Waals surface area contributed by atoms with E-state index in [4.69, 9.17) is 10.8 Å². The van der Waals surface area contributed by atoms with Crippen LogP contribution in [0.4, 0.5) is 5.69 Å². The molecule has 0 amide bonds. The maximum Gasteiger partial charge on any atom is 0.328 e. The van der Waals surface area contributed by atoms with Gasteiger partial charge in [-0.15, -0.1) is 0 Å². The molecule has 0 aliphatic rings. The second-order valence-electron chi connectivity index (χ2n) is 2.17. The Labute approximate surface area is 79.5 Å². The highest BCUT2D eigenvalue weighted by molar-refractivity contribution is 8.02. The van der Waals surface area contributed by atoms with E-state index in [1.807, 2.05) is 0 Å². The molecular weight excluding hydrogens is 188 g/mol. The predicted molar refractivity (Wildman–Crippen MR) is 51.3 cm³/mol. The van der Waals surface area contributed by atoms with E-state index in [-0.39, 0.29) is 0 Å². The van der Waals surface area contributed by atoms with E-state index in [2.05, 4.69) is 4.98 Å². The summed E-state index contributed by atoms with van der Waals surface area (Å²) in [5.74, 6) is -0.972. The van der Waals surface area contributed by atoms with Crippen LogP contribution in [0.25, 0.3) is 0 Å². The number of nitrogens with two attached hydrogens (primary N) is 1. The van der Waals surface area contributed by atoms with Crippen LogP contribution in [0, 0.1) is 0 Å². The lowest BCUT2D eigenvalue weighted by Crippen LogP contribution is -1.88. The Kier molecular flexibility index (Phi) is 3.33. The summed E-state index contributed by atoms with van der Waals surface area (Å²) >= 11 is 1.25. The number of aromatic nitrogens is 1. The zero-order chi connectivity index (χ0) is 9.68. The number of rotatable bonds is 3. The molecule has 13 heavy (non-hydrogen) atoms. The molecular formula is C8H8N2O2S. The molecule has 0 unspecified atom stereocenters. The number of hydrogen-bond donors (Lipinski definition) is 2. The van der Waals surface area contributed by atoms with Crippen LogP contribution in [0.2, 0.25) is 0 Å². The minimum absolute atomic E-state index is 0.544. The average molecular weight is 196 g/mol. The summed E-state index contributed by atoms with van der Waals surface area (Å²) in [4.78, 5) is 14.7. The highest BCUT2D eigenvalue weighted by Gasteiger charge is 1.95. The van der Waals surface area contributed by atoms with Gasteiger partial charge >= 0.3 is 5.97 Å². The van der Waals surface area contributed by atoms with Crippen molar-refractivity contribution in [3.05, 3.63) is 29.9 Å². The summed E-state index contributed by atoms with van der Waals surface area (Å²) in [7, 11) is 0. The second kappa shape index (κ2) is 4.51. The molecule has 3 N–H and O–H groups in total. The summed E-state index contributed by atoms with van der Waals surface area (Å²) in [5.41, 5.74) is 6.12. The molecule has 4 nitrogen and oxygen atoms in total. The number of pyridine rings is 1. The number of aliphatic carboxylic acids is 1. The molecule has 0 fully saturated rings. The van der Waals surface area contributed by atoms with Gasteiger partial charge in [-0.3, -0.25) is 4.98 Å². The normalized spacial score (nSPS) is 10.5. The number of nitrogen functional groups attached to an aromatic ring is 1. The van der Waals surface area contributed by atoms with Gasteiger partial charge in [0.05, 0.1) is 11.9 Å². The first-order valence-electron chi connectivity index (χ1n) is 3.46. The van der Waals surface area contributed by atoms with Gasteiger partial charge in [0, 0.05) is 17.2 Å². The van der Waals surface area contributed by atoms with Crippen LogP contribution >= 0.6 is 11.8 Å². The molecule has 1 rings (SSSR count). The third-order valence-electron chi connectivity index (χ3n) is 1.22. The fourth-order valence-corrected chi connectivity index (χ4v) is 1.33. The highest BCUT2D eigenvalue weighted by Crippen LogP contribution is 2.23. The topological polar surface area (TPSA) is 76.2 Å². The third kappa shape index (κ3) is 3.16. The van der Waals surface area contributed by atoms with E-state index in [9.17, 15) is 4.79 Å². The molecule has 1 aromatic rings. The van der Waals surface area contributed by atoms with Crippen molar-refractivity contribution in [2.75, 3.05) is 5.73 Å². The number of carbonyl (C=O) groups is 1. The van der Waals surface area contributed by atoms with Crippen molar-refractivity contribution >= 4 is 23.4 Å². The molecule has 68 valence electrons. The predicted octanol–water partition coefficient (Wildman–Crippen LogP) is 1.35. The van der Waals surface area contributed by atoms with Crippen LogP contribution in [0.5, 0.6) is 0 Å². The van der Waals surface area contributed by atoms with Crippen molar-refractivity contribution in [3.63, 3.8) is 0 Å². The van der Waals surface area contributed by atoms with Crippen molar-refractivity contribution in [1.82, 2.24) is 4.98 Å². The highest BCUT2D eigenvalue weighted by atomic mass is 32.2. The molecule has 0 saturated heterocycles. The lowest BCUT2D eigenvalue weighted by Gasteiger charge is -1.98. The monoisotopic (exact) mass is 196 g/mol. The van der Waals surface area contributed by atoms with Crippen molar-refractivity contribution < 1.29 is 9.90 Å². The molecule has 0 atom stereocenters. The van der Waals surface area contributed by atoms with E-state index >= 15 is 0 Å². The molecule has 1 heterocycles. The molecule has 0 saturated carbocycles. The van der Waals surface area contributed by atoms with Crippen molar-refractivity contribution in [2.24, 2.45) is 0 Å². The summed E-state index contributed by atoms with van der Waals surface area (Å²) < 4.78 is 0. The fraction of sp³-hybridized carbons (Fsp3) is 0. The van der Waals surface area contributed by atoms with Crippen LogP contribution < -0.4 is 5.73 Å². The third-order valence-corrected chi connectivity index (χ3v) is 2.11. The smallest absolute Gasteiger partial charge is 0.328 e. The first-order chi connectivity index (χ1) is 6.20. The minimum Gasteiger partial charge on any atom is -0.478 e. The molecule has 0 aliphatic heterocycles. The Bertz CT molecular complexity index is 339. The Morgan fingerprint density at radius 1 is 1.69 bits per heavy atom. The molecule has 0 aliphatic carbocycles. The summed E-state index contributed by atoms with van der Waals surface area (Å²) in [5, 5.41) is 9.78. The van der Waals surface area contributed by atoms with Crippen molar-refractivity contribution in [2.45, 2.75) is 4.90 Å². The molecule has 0 spiro atoms. The van der Waals surface area contributed by atoms with Crippen molar-refractivity contribution in [1.29, 1.82) is 0 Å². The van der Waals surface area contributed by atoms with Gasteiger partial charge in [-0.2, -0.15) is 0 Å². The number of carboxylic acids is 1. The average Bonchev–Trinajstić information content (AvgIpc) is 2.08. The Hall–Kier alpha value is -1.49. The summed E-state index contributed by atoms with van der Waals surface area (Å²) in [6.45, 7) is 0. The first kappa shape index (κ1) is 9.60. The Balaban J connectivity index is 2.64. The van der Waals surface area contributed by atoms with E-state index in [1.165, 1.54) is 23.4 Å². The van der Waals surface area contributed by atoms with Gasteiger partial charge < -0.3 is 10.8 Å². The summed E-state index contributed by atoms with van der Waals surface area (Å²) in [6.07, 6.45) is 4.19. The van der Waals surface area contributed by atoms with E-state index in [0.29, 0.717) is 5.69 Å². The maximum absolute atomic E-state index is 10.1. The number of nitrogens with zero attached hydrogens (tertiary/aromatic N) is 1. The van der Waals surface area contributed by atoms with Gasteiger partial charge in [-0.25, -0.2) is 4.79 Å². The molecule has 0 radical (unpaired) electrons. The fourth-order valence-electron chi connectivity index (χ4n) is 0.667. The lowest BCUT2D eigenvalue weighted by atomic mass is 10.4. The molecule has 1 aromatic heterocycles. The number of thioether (sulfide) groups is 1. The van der Waals surface area contributed by atoms with Gasteiger partial charge in [-0.05, 0) is 11.5 Å². The van der Waals surface area contributed by atoms with Crippen LogP contribution in [0.1, 0.15) is 0 Å². The van der Waals surface area contributed by atoms with Crippen molar-refractivity contribution in [3.8, 4) is 0 Å². The van der Waals surface area contributed by atoms with E-state index in [0.717, 1.165) is 11.0 Å². The van der Waals surface area contributed by atoms with Gasteiger partial charge in [-0.1, -0.05) is 11.8 Å². The minimum atomic E-state index is -0.972. The number of hydrogen-bond acceptors (Lipinski definition) is 4. The molecule has 0 bridgehead atoms.